The van der Waals surface area contributed by atoms with Crippen molar-refractivity contribution in [2.24, 2.45) is 17.6 Å². The van der Waals surface area contributed by atoms with Crippen molar-refractivity contribution < 1.29 is 0 Å². The summed E-state index contributed by atoms with van der Waals surface area (Å²) in [4.78, 5) is 2.70. The van der Waals surface area contributed by atoms with Gasteiger partial charge >= 0.3 is 0 Å². The summed E-state index contributed by atoms with van der Waals surface area (Å²) < 4.78 is 0. The van der Waals surface area contributed by atoms with Crippen molar-refractivity contribution in [2.45, 2.75) is 58.5 Å². The van der Waals surface area contributed by atoms with Gasteiger partial charge in [0.15, 0.2) is 0 Å². The van der Waals surface area contributed by atoms with Crippen LogP contribution in [0.2, 0.25) is 0 Å². The standard InChI is InChI=1S/C19H32N2/c1-3-12-21(15-17-8-6-5-7-9-17)19-13-16(4-2)10-11-18(19)14-20/h5-9,16,18-19H,3-4,10-15,20H2,1-2H3. The molecule has 0 saturated heterocycles. The molecule has 1 saturated carbocycles. The zero-order valence-corrected chi connectivity index (χ0v) is 13.8. The molecule has 3 unspecified atom stereocenters. The number of hydrogen-bond acceptors (Lipinski definition) is 2. The second-order valence-corrected chi connectivity index (χ2v) is 6.61. The van der Waals surface area contributed by atoms with E-state index in [-0.39, 0.29) is 0 Å². The fourth-order valence-electron chi connectivity index (χ4n) is 3.85. The summed E-state index contributed by atoms with van der Waals surface area (Å²) >= 11 is 0. The molecule has 0 bridgehead atoms. The lowest BCUT2D eigenvalue weighted by atomic mass is 9.76. The molecule has 1 aliphatic rings. The Morgan fingerprint density at radius 3 is 2.52 bits per heavy atom. The van der Waals surface area contributed by atoms with Gasteiger partial charge in [-0.2, -0.15) is 0 Å². The summed E-state index contributed by atoms with van der Waals surface area (Å²) in [5, 5.41) is 0. The Balaban J connectivity index is 2.10. The van der Waals surface area contributed by atoms with Crippen LogP contribution in [-0.4, -0.2) is 24.0 Å². The lowest BCUT2D eigenvalue weighted by molar-refractivity contribution is 0.0741. The smallest absolute Gasteiger partial charge is 0.0236 e. The van der Waals surface area contributed by atoms with Crippen LogP contribution in [0.4, 0.5) is 0 Å². The summed E-state index contributed by atoms with van der Waals surface area (Å²) in [6.45, 7) is 7.73. The molecule has 0 aromatic heterocycles. The Morgan fingerprint density at radius 1 is 1.14 bits per heavy atom. The average molecular weight is 288 g/mol. The van der Waals surface area contributed by atoms with E-state index in [0.29, 0.717) is 12.0 Å². The van der Waals surface area contributed by atoms with Crippen LogP contribution < -0.4 is 5.73 Å². The van der Waals surface area contributed by atoms with E-state index < -0.39 is 0 Å². The van der Waals surface area contributed by atoms with E-state index in [0.717, 1.165) is 19.0 Å². The minimum absolute atomic E-state index is 0.675. The van der Waals surface area contributed by atoms with Crippen LogP contribution in [0, 0.1) is 11.8 Å². The van der Waals surface area contributed by atoms with Gasteiger partial charge in [-0.1, -0.05) is 57.0 Å². The van der Waals surface area contributed by atoms with E-state index in [9.17, 15) is 0 Å². The fraction of sp³-hybridized carbons (Fsp3) is 0.684. The van der Waals surface area contributed by atoms with Crippen molar-refractivity contribution in [2.75, 3.05) is 13.1 Å². The minimum Gasteiger partial charge on any atom is -0.330 e. The van der Waals surface area contributed by atoms with Crippen LogP contribution >= 0.6 is 0 Å². The number of rotatable bonds is 7. The molecule has 3 atom stereocenters. The van der Waals surface area contributed by atoms with Crippen molar-refractivity contribution >= 4 is 0 Å². The molecule has 0 aliphatic heterocycles. The molecule has 0 spiro atoms. The number of hydrogen-bond donors (Lipinski definition) is 1. The number of benzene rings is 1. The third-order valence-electron chi connectivity index (χ3n) is 5.15. The largest absolute Gasteiger partial charge is 0.330 e. The molecule has 2 nitrogen and oxygen atoms in total. The van der Waals surface area contributed by atoms with Crippen LogP contribution in [0.1, 0.15) is 51.5 Å². The van der Waals surface area contributed by atoms with Crippen molar-refractivity contribution in [1.29, 1.82) is 0 Å². The van der Waals surface area contributed by atoms with Gasteiger partial charge in [-0.3, -0.25) is 4.90 Å². The predicted molar refractivity (Wildman–Crippen MR) is 91.1 cm³/mol. The van der Waals surface area contributed by atoms with Gasteiger partial charge in [0.2, 0.25) is 0 Å². The van der Waals surface area contributed by atoms with Crippen LogP contribution in [0.25, 0.3) is 0 Å². The third kappa shape index (κ3) is 4.55. The van der Waals surface area contributed by atoms with Crippen molar-refractivity contribution in [3.8, 4) is 0 Å². The SMILES string of the molecule is CCCN(Cc1ccccc1)C1CC(CC)CCC1CN. The highest BCUT2D eigenvalue weighted by Gasteiger charge is 2.32. The summed E-state index contributed by atoms with van der Waals surface area (Å²) in [5.41, 5.74) is 7.51. The van der Waals surface area contributed by atoms with E-state index in [4.69, 9.17) is 5.73 Å². The third-order valence-corrected chi connectivity index (χ3v) is 5.15. The molecule has 0 amide bonds. The summed E-state index contributed by atoms with van der Waals surface area (Å²) in [6, 6.07) is 11.6. The second-order valence-electron chi connectivity index (χ2n) is 6.61. The number of nitrogens with zero attached hydrogens (tertiary/aromatic N) is 1. The maximum absolute atomic E-state index is 6.08. The zero-order chi connectivity index (χ0) is 15.1. The van der Waals surface area contributed by atoms with Crippen LogP contribution in [0.15, 0.2) is 30.3 Å². The van der Waals surface area contributed by atoms with E-state index in [1.807, 2.05) is 0 Å². The van der Waals surface area contributed by atoms with Gasteiger partial charge in [0.25, 0.3) is 0 Å². The van der Waals surface area contributed by atoms with Gasteiger partial charge < -0.3 is 5.73 Å². The zero-order valence-electron chi connectivity index (χ0n) is 13.8. The predicted octanol–water partition coefficient (Wildman–Crippen LogP) is 4.05. The van der Waals surface area contributed by atoms with Gasteiger partial charge in [0.05, 0.1) is 0 Å². The fourth-order valence-corrected chi connectivity index (χ4v) is 3.85. The van der Waals surface area contributed by atoms with Gasteiger partial charge in [-0.05, 0) is 49.8 Å². The molecule has 0 heterocycles. The van der Waals surface area contributed by atoms with Crippen molar-refractivity contribution in [3.63, 3.8) is 0 Å². The average Bonchev–Trinajstić information content (AvgIpc) is 2.55. The molecule has 118 valence electrons. The van der Waals surface area contributed by atoms with Crippen LogP contribution in [0.3, 0.4) is 0 Å². The van der Waals surface area contributed by atoms with Crippen LogP contribution in [-0.2, 0) is 6.54 Å². The highest BCUT2D eigenvalue weighted by atomic mass is 15.2. The molecular formula is C19H32N2. The molecule has 1 aromatic rings. The highest BCUT2D eigenvalue weighted by molar-refractivity contribution is 5.14. The first-order valence-corrected chi connectivity index (χ1v) is 8.76. The molecule has 2 N–H and O–H groups in total. The topological polar surface area (TPSA) is 29.3 Å². The first-order valence-electron chi connectivity index (χ1n) is 8.76. The van der Waals surface area contributed by atoms with Gasteiger partial charge in [0.1, 0.15) is 0 Å². The van der Waals surface area contributed by atoms with Crippen molar-refractivity contribution in [1.82, 2.24) is 4.90 Å². The maximum atomic E-state index is 6.08. The Kier molecular flexibility index (Phi) is 6.72. The highest BCUT2D eigenvalue weighted by Crippen LogP contribution is 2.34. The van der Waals surface area contributed by atoms with E-state index >= 15 is 0 Å². The molecular weight excluding hydrogens is 256 g/mol. The van der Waals surface area contributed by atoms with Gasteiger partial charge in [-0.15, -0.1) is 0 Å². The van der Waals surface area contributed by atoms with E-state index in [2.05, 4.69) is 49.1 Å². The Morgan fingerprint density at radius 2 is 1.90 bits per heavy atom. The number of nitrogens with two attached hydrogens (primary N) is 1. The van der Waals surface area contributed by atoms with Crippen LogP contribution in [0.5, 0.6) is 0 Å². The summed E-state index contributed by atoms with van der Waals surface area (Å²) in [6.07, 6.45) is 6.57. The molecule has 2 rings (SSSR count). The lowest BCUT2D eigenvalue weighted by Crippen LogP contribution is -2.46. The van der Waals surface area contributed by atoms with Gasteiger partial charge in [-0.25, -0.2) is 0 Å². The lowest BCUT2D eigenvalue weighted by Gasteiger charge is -2.42. The first-order chi connectivity index (χ1) is 10.3. The van der Waals surface area contributed by atoms with E-state index in [1.165, 1.54) is 44.2 Å². The quantitative estimate of drug-likeness (QED) is 0.820. The monoisotopic (exact) mass is 288 g/mol. The Hall–Kier alpha value is -0.860. The van der Waals surface area contributed by atoms with E-state index in [1.54, 1.807) is 0 Å². The minimum atomic E-state index is 0.675. The summed E-state index contributed by atoms with van der Waals surface area (Å²) in [5.74, 6) is 1.58. The van der Waals surface area contributed by atoms with Crippen molar-refractivity contribution in [3.05, 3.63) is 35.9 Å². The molecule has 1 fully saturated rings. The summed E-state index contributed by atoms with van der Waals surface area (Å²) in [7, 11) is 0. The molecule has 1 aromatic carbocycles. The Labute approximate surface area is 130 Å². The van der Waals surface area contributed by atoms with Gasteiger partial charge in [0, 0.05) is 12.6 Å². The molecule has 21 heavy (non-hydrogen) atoms. The molecule has 1 aliphatic carbocycles. The normalized spacial score (nSPS) is 26.2. The first kappa shape index (κ1) is 16.5. The maximum Gasteiger partial charge on any atom is 0.0236 e. The molecule has 2 heteroatoms. The second kappa shape index (κ2) is 8.55. The Bertz CT molecular complexity index is 390. The molecule has 0 radical (unpaired) electrons.